The summed E-state index contributed by atoms with van der Waals surface area (Å²) in [5, 5.41) is 6.80. The molecular formula is C24H31ClN4O2S. The fourth-order valence-corrected chi connectivity index (χ4v) is 4.09. The number of nitrogens with one attached hydrogen (secondary N) is 2. The first-order chi connectivity index (χ1) is 15.5. The van der Waals surface area contributed by atoms with Crippen molar-refractivity contribution in [1.82, 2.24) is 10.2 Å². The molecule has 1 heterocycles. The molecule has 0 bridgehead atoms. The van der Waals surface area contributed by atoms with Crippen molar-refractivity contribution in [3.63, 3.8) is 0 Å². The molecule has 0 unspecified atom stereocenters. The molecule has 2 aromatic carbocycles. The number of para-hydroxylation sites is 1. The zero-order valence-corrected chi connectivity index (χ0v) is 20.3. The number of amides is 1. The van der Waals surface area contributed by atoms with Crippen LogP contribution < -0.4 is 20.3 Å². The van der Waals surface area contributed by atoms with E-state index in [-0.39, 0.29) is 11.0 Å². The number of rotatable bonds is 8. The smallest absolute Gasteiger partial charge is 0.257 e. The number of hydrogen-bond acceptors (Lipinski definition) is 5. The number of unbranched alkanes of at least 4 members (excludes halogenated alkanes) is 1. The molecule has 0 radical (unpaired) electrons. The number of ether oxygens (including phenoxy) is 1. The molecule has 1 aliphatic rings. The van der Waals surface area contributed by atoms with Gasteiger partial charge in [-0.25, -0.2) is 0 Å². The third-order valence-electron chi connectivity index (χ3n) is 5.48. The fraction of sp³-hybridized carbons (Fsp3) is 0.417. The van der Waals surface area contributed by atoms with Gasteiger partial charge in [0.25, 0.3) is 5.91 Å². The summed E-state index contributed by atoms with van der Waals surface area (Å²) >= 11 is 12.0. The van der Waals surface area contributed by atoms with Gasteiger partial charge in [-0.3, -0.25) is 10.1 Å². The quantitative estimate of drug-likeness (QED) is 0.424. The van der Waals surface area contributed by atoms with Crippen molar-refractivity contribution in [2.75, 3.05) is 49.5 Å². The first-order valence-electron chi connectivity index (χ1n) is 11.1. The number of thiocarbonyl (C=S) groups is 1. The number of benzene rings is 2. The first-order valence-corrected chi connectivity index (χ1v) is 11.9. The van der Waals surface area contributed by atoms with Crippen molar-refractivity contribution in [3.05, 3.63) is 53.1 Å². The third-order valence-corrected chi connectivity index (χ3v) is 5.99. The van der Waals surface area contributed by atoms with Gasteiger partial charge < -0.3 is 19.9 Å². The largest absolute Gasteiger partial charge is 0.494 e. The zero-order valence-electron chi connectivity index (χ0n) is 18.7. The topological polar surface area (TPSA) is 56.8 Å². The lowest BCUT2D eigenvalue weighted by Crippen LogP contribution is -2.46. The van der Waals surface area contributed by atoms with Crippen molar-refractivity contribution in [1.29, 1.82) is 0 Å². The van der Waals surface area contributed by atoms with Gasteiger partial charge in [-0.1, -0.05) is 37.9 Å². The summed E-state index contributed by atoms with van der Waals surface area (Å²) in [5.41, 5.74) is 2.21. The van der Waals surface area contributed by atoms with Crippen LogP contribution >= 0.6 is 23.8 Å². The molecular weight excluding hydrogens is 444 g/mol. The summed E-state index contributed by atoms with van der Waals surface area (Å²) in [6.07, 6.45) is 2.08. The van der Waals surface area contributed by atoms with Crippen LogP contribution in [0.25, 0.3) is 0 Å². The van der Waals surface area contributed by atoms with Crippen LogP contribution in [-0.4, -0.2) is 55.3 Å². The highest BCUT2D eigenvalue weighted by molar-refractivity contribution is 7.80. The number of hydrogen-bond donors (Lipinski definition) is 2. The van der Waals surface area contributed by atoms with E-state index in [9.17, 15) is 4.79 Å². The summed E-state index contributed by atoms with van der Waals surface area (Å²) in [6, 6.07) is 12.7. The van der Waals surface area contributed by atoms with Gasteiger partial charge in [0.15, 0.2) is 5.11 Å². The summed E-state index contributed by atoms with van der Waals surface area (Å²) < 4.78 is 5.65. The molecule has 0 saturated carbocycles. The Morgan fingerprint density at radius 1 is 1.09 bits per heavy atom. The number of anilines is 2. The predicted molar refractivity (Wildman–Crippen MR) is 136 cm³/mol. The van der Waals surface area contributed by atoms with Crippen LogP contribution in [0.2, 0.25) is 5.02 Å². The highest BCUT2D eigenvalue weighted by Gasteiger charge is 2.21. The van der Waals surface area contributed by atoms with Crippen LogP contribution in [0.5, 0.6) is 5.75 Å². The van der Waals surface area contributed by atoms with Crippen LogP contribution in [-0.2, 0) is 0 Å². The minimum absolute atomic E-state index is 0.231. The minimum atomic E-state index is -0.275. The molecule has 172 valence electrons. The van der Waals surface area contributed by atoms with Gasteiger partial charge in [-0.05, 0) is 61.6 Å². The summed E-state index contributed by atoms with van der Waals surface area (Å²) in [4.78, 5) is 17.3. The van der Waals surface area contributed by atoms with Crippen LogP contribution in [0.15, 0.2) is 42.5 Å². The molecule has 0 aromatic heterocycles. The Bertz CT molecular complexity index is 915. The van der Waals surface area contributed by atoms with Gasteiger partial charge >= 0.3 is 0 Å². The number of carbonyl (C=O) groups is 1. The van der Waals surface area contributed by atoms with Crippen LogP contribution in [0, 0.1) is 0 Å². The molecule has 1 saturated heterocycles. The van der Waals surface area contributed by atoms with Crippen LogP contribution in [0.4, 0.5) is 11.4 Å². The number of nitrogens with zero attached hydrogens (tertiary/aromatic N) is 2. The Labute approximate surface area is 200 Å². The van der Waals surface area contributed by atoms with Gasteiger partial charge in [0, 0.05) is 31.7 Å². The monoisotopic (exact) mass is 474 g/mol. The van der Waals surface area contributed by atoms with Crippen LogP contribution in [0.3, 0.4) is 0 Å². The van der Waals surface area contributed by atoms with E-state index < -0.39 is 0 Å². The lowest BCUT2D eigenvalue weighted by Gasteiger charge is -2.37. The van der Waals surface area contributed by atoms with E-state index in [1.807, 2.05) is 18.2 Å². The van der Waals surface area contributed by atoms with E-state index in [0.717, 1.165) is 62.7 Å². The Hall–Kier alpha value is -2.35. The predicted octanol–water partition coefficient (Wildman–Crippen LogP) is 4.79. The zero-order chi connectivity index (χ0) is 22.9. The molecule has 2 aromatic rings. The fourth-order valence-electron chi connectivity index (χ4n) is 3.59. The lowest BCUT2D eigenvalue weighted by molar-refractivity contribution is 0.0977. The summed E-state index contributed by atoms with van der Waals surface area (Å²) in [5.74, 6) is 0.477. The van der Waals surface area contributed by atoms with E-state index in [2.05, 4.69) is 34.3 Å². The maximum absolute atomic E-state index is 12.6. The second-order valence-electron chi connectivity index (χ2n) is 7.69. The Kier molecular flexibility index (Phi) is 9.14. The molecule has 2 N–H and O–H groups in total. The third kappa shape index (κ3) is 6.58. The molecule has 32 heavy (non-hydrogen) atoms. The van der Waals surface area contributed by atoms with E-state index >= 15 is 0 Å². The van der Waals surface area contributed by atoms with E-state index in [1.165, 1.54) is 0 Å². The van der Waals surface area contributed by atoms with E-state index in [1.54, 1.807) is 24.3 Å². The molecule has 1 amide bonds. The number of carbonyl (C=O) groups excluding carboxylic acids is 1. The lowest BCUT2D eigenvalue weighted by atomic mass is 10.2. The van der Waals surface area contributed by atoms with Gasteiger partial charge in [-0.15, -0.1) is 0 Å². The Morgan fingerprint density at radius 2 is 1.81 bits per heavy atom. The Balaban J connectivity index is 1.61. The van der Waals surface area contributed by atoms with Crippen molar-refractivity contribution >= 4 is 46.2 Å². The average Bonchev–Trinajstić information content (AvgIpc) is 2.80. The maximum Gasteiger partial charge on any atom is 0.257 e. The van der Waals surface area contributed by atoms with E-state index in [4.69, 9.17) is 28.6 Å². The number of likely N-dealkylation sites (N-methyl/N-ethyl adjacent to an activating group) is 1. The van der Waals surface area contributed by atoms with Crippen molar-refractivity contribution in [2.45, 2.75) is 26.7 Å². The molecule has 0 spiro atoms. The minimum Gasteiger partial charge on any atom is -0.494 e. The summed E-state index contributed by atoms with van der Waals surface area (Å²) in [7, 11) is 0. The van der Waals surface area contributed by atoms with Gasteiger partial charge in [0.2, 0.25) is 0 Å². The second-order valence-corrected chi connectivity index (χ2v) is 8.51. The summed E-state index contributed by atoms with van der Waals surface area (Å²) in [6.45, 7) is 9.75. The SMILES string of the molecule is CCCCOc1ccc(C(=O)NC(=S)Nc2cccc(Cl)c2N2CCN(CC)CC2)cc1. The molecule has 1 aliphatic heterocycles. The van der Waals surface area contributed by atoms with Gasteiger partial charge in [-0.2, -0.15) is 0 Å². The normalized spacial score (nSPS) is 14.2. The van der Waals surface area contributed by atoms with Gasteiger partial charge in [0.05, 0.1) is 23.0 Å². The average molecular weight is 475 g/mol. The second kappa shape index (κ2) is 12.0. The number of piperazine rings is 1. The molecule has 1 fully saturated rings. The first kappa shape index (κ1) is 24.3. The maximum atomic E-state index is 12.6. The van der Waals surface area contributed by atoms with E-state index in [0.29, 0.717) is 17.2 Å². The molecule has 0 aliphatic carbocycles. The van der Waals surface area contributed by atoms with Crippen molar-refractivity contribution < 1.29 is 9.53 Å². The molecule has 3 rings (SSSR count). The Morgan fingerprint density at radius 3 is 2.47 bits per heavy atom. The van der Waals surface area contributed by atoms with Crippen molar-refractivity contribution in [3.8, 4) is 5.75 Å². The number of halogens is 1. The highest BCUT2D eigenvalue weighted by atomic mass is 35.5. The molecule has 6 nitrogen and oxygen atoms in total. The standard InChI is InChI=1S/C24H31ClN4O2S/c1-3-5-17-31-19-11-9-18(10-12-19)23(30)27-24(32)26-21-8-6-7-20(25)22(21)29-15-13-28(4-2)14-16-29/h6-12H,3-5,13-17H2,1-2H3,(H2,26,27,30,32). The van der Waals surface area contributed by atoms with Gasteiger partial charge in [0.1, 0.15) is 5.75 Å². The van der Waals surface area contributed by atoms with Crippen molar-refractivity contribution in [2.24, 2.45) is 0 Å². The highest BCUT2D eigenvalue weighted by Crippen LogP contribution is 2.34. The van der Waals surface area contributed by atoms with Crippen LogP contribution in [0.1, 0.15) is 37.0 Å². The molecule has 0 atom stereocenters. The molecule has 8 heteroatoms.